The zero-order valence-corrected chi connectivity index (χ0v) is 11.8. The fourth-order valence-electron chi connectivity index (χ4n) is 1.85. The third-order valence-electron chi connectivity index (χ3n) is 2.86. The van der Waals surface area contributed by atoms with Gasteiger partial charge in [-0.2, -0.15) is 0 Å². The van der Waals surface area contributed by atoms with Gasteiger partial charge < -0.3 is 15.4 Å². The van der Waals surface area contributed by atoms with Gasteiger partial charge in [0.25, 0.3) is 5.91 Å². The lowest BCUT2D eigenvalue weighted by atomic mass is 10.2. The number of carbonyl (C=O) groups is 1. The minimum atomic E-state index is -0.293. The predicted octanol–water partition coefficient (Wildman–Crippen LogP) is 2.98. The van der Waals surface area contributed by atoms with E-state index in [9.17, 15) is 4.79 Å². The molecule has 0 saturated carbocycles. The minimum Gasteiger partial charge on any atom is -0.396 e. The molecule has 1 aromatic carbocycles. The van der Waals surface area contributed by atoms with Crippen molar-refractivity contribution in [1.82, 2.24) is 10.3 Å². The Morgan fingerprint density at radius 3 is 2.89 bits per heavy atom. The molecule has 19 heavy (non-hydrogen) atoms. The fraction of sp³-hybridized carbons (Fsp3) is 0.308. The van der Waals surface area contributed by atoms with Crippen molar-refractivity contribution in [3.63, 3.8) is 0 Å². The highest BCUT2D eigenvalue weighted by molar-refractivity contribution is 6.39. The second-order valence-electron chi connectivity index (χ2n) is 4.39. The topological polar surface area (TPSA) is 65.1 Å². The van der Waals surface area contributed by atoms with Gasteiger partial charge in [0, 0.05) is 28.6 Å². The maximum absolute atomic E-state index is 12.1. The summed E-state index contributed by atoms with van der Waals surface area (Å²) in [5.41, 5.74) is 1.07. The molecule has 2 rings (SSSR count). The Kier molecular flexibility index (Phi) is 4.34. The molecule has 3 N–H and O–H groups in total. The van der Waals surface area contributed by atoms with Gasteiger partial charge in [-0.1, -0.05) is 23.2 Å². The standard InChI is InChI=1S/C13H14Cl2N2O2/c1-7(4-5-18)16-13(19)12-11(15)9-6-8(14)2-3-10(9)17-12/h2-3,6-7,17-18H,4-5H2,1H3,(H,16,19)/t7-/m1/s1. The van der Waals surface area contributed by atoms with Crippen LogP contribution in [0.4, 0.5) is 0 Å². The number of aromatic nitrogens is 1. The molecular formula is C13H14Cl2N2O2. The largest absolute Gasteiger partial charge is 0.396 e. The summed E-state index contributed by atoms with van der Waals surface area (Å²) in [6, 6.07) is 5.09. The Balaban J connectivity index is 2.30. The number of aliphatic hydroxyl groups is 1. The first kappa shape index (κ1) is 14.2. The van der Waals surface area contributed by atoms with Crippen LogP contribution >= 0.6 is 23.2 Å². The van der Waals surface area contributed by atoms with Crippen LogP contribution in [0.25, 0.3) is 10.9 Å². The van der Waals surface area contributed by atoms with Crippen molar-refractivity contribution in [3.8, 4) is 0 Å². The summed E-state index contributed by atoms with van der Waals surface area (Å²) in [5.74, 6) is -0.293. The van der Waals surface area contributed by atoms with Gasteiger partial charge in [0.2, 0.25) is 0 Å². The summed E-state index contributed by atoms with van der Waals surface area (Å²) in [6.45, 7) is 1.85. The molecular weight excluding hydrogens is 287 g/mol. The molecule has 102 valence electrons. The summed E-state index contributed by atoms with van der Waals surface area (Å²) in [6.07, 6.45) is 0.495. The number of benzene rings is 1. The van der Waals surface area contributed by atoms with Gasteiger partial charge in [-0.3, -0.25) is 4.79 Å². The second-order valence-corrected chi connectivity index (χ2v) is 5.21. The van der Waals surface area contributed by atoms with Crippen LogP contribution < -0.4 is 5.32 Å². The van der Waals surface area contributed by atoms with Crippen LogP contribution in [-0.2, 0) is 0 Å². The molecule has 2 aromatic rings. The fourth-order valence-corrected chi connectivity index (χ4v) is 2.31. The summed E-state index contributed by atoms with van der Waals surface area (Å²) < 4.78 is 0. The average Bonchev–Trinajstić information content (AvgIpc) is 2.67. The number of carbonyl (C=O) groups excluding carboxylic acids is 1. The van der Waals surface area contributed by atoms with E-state index in [4.69, 9.17) is 28.3 Å². The van der Waals surface area contributed by atoms with Crippen LogP contribution in [0.5, 0.6) is 0 Å². The van der Waals surface area contributed by atoms with E-state index >= 15 is 0 Å². The van der Waals surface area contributed by atoms with Gasteiger partial charge in [0.1, 0.15) is 5.69 Å². The highest BCUT2D eigenvalue weighted by Gasteiger charge is 2.17. The maximum Gasteiger partial charge on any atom is 0.269 e. The molecule has 0 aliphatic carbocycles. The number of hydrogen-bond donors (Lipinski definition) is 3. The Hall–Kier alpha value is -1.23. The van der Waals surface area contributed by atoms with Crippen LogP contribution in [0.3, 0.4) is 0 Å². The van der Waals surface area contributed by atoms with Crippen LogP contribution in [0.1, 0.15) is 23.8 Å². The van der Waals surface area contributed by atoms with Crippen LogP contribution in [0.15, 0.2) is 18.2 Å². The van der Waals surface area contributed by atoms with Crippen molar-refractivity contribution in [2.24, 2.45) is 0 Å². The molecule has 1 aromatic heterocycles. The zero-order chi connectivity index (χ0) is 14.0. The smallest absolute Gasteiger partial charge is 0.269 e. The van der Waals surface area contributed by atoms with Crippen molar-refractivity contribution in [1.29, 1.82) is 0 Å². The lowest BCUT2D eigenvalue weighted by Crippen LogP contribution is -2.33. The minimum absolute atomic E-state index is 0.0253. The van der Waals surface area contributed by atoms with Gasteiger partial charge in [-0.15, -0.1) is 0 Å². The quantitative estimate of drug-likeness (QED) is 0.813. The summed E-state index contributed by atoms with van der Waals surface area (Å²) in [7, 11) is 0. The molecule has 1 atom stereocenters. The maximum atomic E-state index is 12.1. The molecule has 1 amide bonds. The Labute approximate surface area is 120 Å². The lowest BCUT2D eigenvalue weighted by molar-refractivity contribution is 0.0930. The van der Waals surface area contributed by atoms with Gasteiger partial charge in [0.05, 0.1) is 5.02 Å². The normalized spacial score (nSPS) is 12.6. The molecule has 0 unspecified atom stereocenters. The molecule has 6 heteroatoms. The van der Waals surface area contributed by atoms with E-state index in [1.54, 1.807) is 18.2 Å². The highest BCUT2D eigenvalue weighted by atomic mass is 35.5. The molecule has 1 heterocycles. The van der Waals surface area contributed by atoms with Gasteiger partial charge in [0.15, 0.2) is 0 Å². The first-order valence-electron chi connectivity index (χ1n) is 5.91. The molecule has 0 saturated heterocycles. The number of aromatic amines is 1. The molecule has 0 fully saturated rings. The molecule has 0 aliphatic heterocycles. The van der Waals surface area contributed by atoms with Crippen molar-refractivity contribution in [3.05, 3.63) is 33.9 Å². The van der Waals surface area contributed by atoms with Gasteiger partial charge in [-0.25, -0.2) is 0 Å². The second kappa shape index (κ2) is 5.82. The van der Waals surface area contributed by atoms with Crippen molar-refractivity contribution in [2.75, 3.05) is 6.61 Å². The first-order chi connectivity index (χ1) is 9.02. The van der Waals surface area contributed by atoms with Gasteiger partial charge in [-0.05, 0) is 31.5 Å². The molecule has 0 radical (unpaired) electrons. The van der Waals surface area contributed by atoms with Crippen molar-refractivity contribution >= 4 is 40.0 Å². The average molecular weight is 301 g/mol. The van der Waals surface area contributed by atoms with Gasteiger partial charge >= 0.3 is 0 Å². The number of hydrogen-bond acceptors (Lipinski definition) is 2. The van der Waals surface area contributed by atoms with E-state index in [1.165, 1.54) is 0 Å². The van der Waals surface area contributed by atoms with Crippen LogP contribution in [0.2, 0.25) is 10.0 Å². The zero-order valence-electron chi connectivity index (χ0n) is 10.3. The first-order valence-corrected chi connectivity index (χ1v) is 6.67. The number of fused-ring (bicyclic) bond motifs is 1. The van der Waals surface area contributed by atoms with Crippen LogP contribution in [-0.4, -0.2) is 28.6 Å². The Bertz CT molecular complexity index is 610. The van der Waals surface area contributed by atoms with E-state index in [0.29, 0.717) is 27.5 Å². The highest BCUT2D eigenvalue weighted by Crippen LogP contribution is 2.29. The number of amides is 1. The summed E-state index contributed by atoms with van der Waals surface area (Å²) in [5, 5.41) is 13.2. The number of aliphatic hydroxyl groups excluding tert-OH is 1. The number of halogens is 2. The van der Waals surface area contributed by atoms with Crippen molar-refractivity contribution < 1.29 is 9.90 Å². The lowest BCUT2D eigenvalue weighted by Gasteiger charge is -2.11. The van der Waals surface area contributed by atoms with E-state index in [-0.39, 0.29) is 18.6 Å². The third kappa shape index (κ3) is 3.03. The number of nitrogens with one attached hydrogen (secondary N) is 2. The SMILES string of the molecule is C[C@H](CCO)NC(=O)c1[nH]c2ccc(Cl)cc2c1Cl. The number of H-pyrrole nitrogens is 1. The van der Waals surface area contributed by atoms with E-state index in [2.05, 4.69) is 10.3 Å². The third-order valence-corrected chi connectivity index (χ3v) is 3.49. The molecule has 4 nitrogen and oxygen atoms in total. The summed E-state index contributed by atoms with van der Waals surface area (Å²) in [4.78, 5) is 15.0. The van der Waals surface area contributed by atoms with Crippen molar-refractivity contribution in [2.45, 2.75) is 19.4 Å². The Morgan fingerprint density at radius 2 is 2.21 bits per heavy atom. The number of rotatable bonds is 4. The van der Waals surface area contributed by atoms with E-state index in [1.807, 2.05) is 6.92 Å². The van der Waals surface area contributed by atoms with E-state index in [0.717, 1.165) is 5.52 Å². The van der Waals surface area contributed by atoms with E-state index < -0.39 is 0 Å². The summed E-state index contributed by atoms with van der Waals surface area (Å²) >= 11 is 12.1. The molecule has 0 aliphatic rings. The predicted molar refractivity (Wildman–Crippen MR) is 76.9 cm³/mol. The Morgan fingerprint density at radius 1 is 1.47 bits per heavy atom. The molecule has 0 spiro atoms. The monoisotopic (exact) mass is 300 g/mol. The molecule has 0 bridgehead atoms. The van der Waals surface area contributed by atoms with Crippen LogP contribution in [0, 0.1) is 0 Å².